The topological polar surface area (TPSA) is 197 Å². The molecule has 18 heteroatoms. The third-order valence-electron chi connectivity index (χ3n) is 6.95. The molecule has 3 N–H and O–H groups in total. The van der Waals surface area contributed by atoms with Crippen LogP contribution in [-0.2, 0) is 39.0 Å². The van der Waals surface area contributed by atoms with Crippen molar-refractivity contribution in [3.8, 4) is 11.6 Å². The van der Waals surface area contributed by atoms with E-state index in [9.17, 15) is 14.2 Å². The number of fused-ring (bicyclic) bond motifs is 2. The number of nitrogens with one attached hydrogen (secondary N) is 1. The lowest BCUT2D eigenvalue weighted by atomic mass is 9.98. The average molecular weight is 653 g/mol. The van der Waals surface area contributed by atoms with Crippen LogP contribution >= 0.6 is 7.82 Å². The van der Waals surface area contributed by atoms with Crippen molar-refractivity contribution in [1.29, 1.82) is 0 Å². The molecule has 0 spiro atoms. The zero-order chi connectivity index (χ0) is 32.5. The van der Waals surface area contributed by atoms with E-state index in [2.05, 4.69) is 25.0 Å². The van der Waals surface area contributed by atoms with Gasteiger partial charge in [-0.2, -0.15) is 9.97 Å². The van der Waals surface area contributed by atoms with E-state index in [4.69, 9.17) is 33.5 Å². The number of hydrogen-bond donors (Lipinski definition) is 2. The molecule has 0 bridgehead atoms. The van der Waals surface area contributed by atoms with Crippen LogP contribution in [0.4, 0.5) is 15.1 Å². The number of esters is 1. The second-order valence-electron chi connectivity index (χ2n) is 10.7. The molecule has 1 aromatic carbocycles. The molecule has 244 valence electrons. The van der Waals surface area contributed by atoms with Crippen LogP contribution in [0.15, 0.2) is 30.6 Å². The Hall–Kier alpha value is -4.05. The number of halogens is 1. The van der Waals surface area contributed by atoms with Crippen molar-refractivity contribution in [2.75, 3.05) is 26.1 Å². The highest BCUT2D eigenvalue weighted by Crippen LogP contribution is 2.59. The molecule has 0 unspecified atom stereocenters. The number of rotatable bonds is 10. The van der Waals surface area contributed by atoms with Crippen molar-refractivity contribution >= 4 is 37.0 Å². The molecule has 4 heterocycles. The van der Waals surface area contributed by atoms with Crippen LogP contribution in [0.25, 0.3) is 11.2 Å². The number of methoxy groups -OCH3 is 1. The van der Waals surface area contributed by atoms with Gasteiger partial charge in [-0.1, -0.05) is 12.1 Å². The number of alkyl carbamates (subject to hydrolysis) is 1. The fourth-order valence-corrected chi connectivity index (χ4v) is 6.45. The maximum absolute atomic E-state index is 16.5. The second-order valence-corrected chi connectivity index (χ2v) is 12.3. The summed E-state index contributed by atoms with van der Waals surface area (Å²) in [6, 6.07) is 5.09. The molecule has 2 aromatic heterocycles. The van der Waals surface area contributed by atoms with Gasteiger partial charge in [-0.3, -0.25) is 13.6 Å². The van der Waals surface area contributed by atoms with Crippen LogP contribution in [0, 0.1) is 0 Å². The van der Waals surface area contributed by atoms with Crippen LogP contribution in [0.5, 0.6) is 11.6 Å². The van der Waals surface area contributed by atoms with Gasteiger partial charge in [0.1, 0.15) is 24.0 Å². The molecule has 3 aromatic rings. The molecule has 45 heavy (non-hydrogen) atoms. The number of nitrogen functional groups attached to an aromatic ring is 1. The number of nitrogens with zero attached hydrogens (tertiary/aromatic N) is 4. The fraction of sp³-hybridized carbons (Fsp3) is 0.519. The van der Waals surface area contributed by atoms with Gasteiger partial charge in [0.25, 0.3) is 0 Å². The Bertz CT molecular complexity index is 1600. The monoisotopic (exact) mass is 652 g/mol. The Morgan fingerprint density at radius 1 is 1.27 bits per heavy atom. The van der Waals surface area contributed by atoms with Crippen molar-refractivity contribution in [3.05, 3.63) is 36.2 Å². The molecular formula is C27H34FN6O10P. The second kappa shape index (κ2) is 12.7. The van der Waals surface area contributed by atoms with Gasteiger partial charge in [-0.25, -0.2) is 23.5 Å². The number of amides is 1. The number of ether oxygens (including phenoxy) is 4. The number of benzene rings is 1. The number of carbonyl (C=O) groups excluding carboxylic acids is 2. The number of phosphoric ester groups is 1. The molecule has 0 saturated carbocycles. The molecule has 16 nitrogen and oxygen atoms in total. The predicted molar refractivity (Wildman–Crippen MR) is 154 cm³/mol. The lowest BCUT2D eigenvalue weighted by Gasteiger charge is -2.33. The van der Waals surface area contributed by atoms with E-state index in [0.717, 1.165) is 0 Å². The number of nitrogens with two attached hydrogens (primary N) is 1. The maximum Gasteiger partial charge on any atom is 0.530 e. The quantitative estimate of drug-likeness (QED) is 0.239. The summed E-state index contributed by atoms with van der Waals surface area (Å²) in [5, 5.41) is 2.45. The van der Waals surface area contributed by atoms with Gasteiger partial charge in [-0.15, -0.1) is 0 Å². The summed E-state index contributed by atoms with van der Waals surface area (Å²) in [6.07, 6.45) is -3.38. The third-order valence-corrected chi connectivity index (χ3v) is 8.34. The van der Waals surface area contributed by atoms with E-state index in [-0.39, 0.29) is 41.8 Å². The van der Waals surface area contributed by atoms with E-state index >= 15 is 4.39 Å². The highest BCUT2D eigenvalue weighted by molar-refractivity contribution is 7.49. The predicted octanol–water partition coefficient (Wildman–Crippen LogP) is 3.25. The SMILES string of the molecule is CCOc1nc(N)nc2c1ncn2[C@@H]1O[C@@H]2CO[P@@](=O)(Oc3ccc(C[C@@H](NC(=O)OC)C(=O)OC(C)C)cc3)O[C@H]2[C@@]1(C)F. The van der Waals surface area contributed by atoms with Gasteiger partial charge in [0.05, 0.1) is 32.8 Å². The number of alkyl halides is 1. The van der Waals surface area contributed by atoms with Crippen LogP contribution < -0.4 is 20.3 Å². The summed E-state index contributed by atoms with van der Waals surface area (Å²) in [4.78, 5) is 36.8. The lowest BCUT2D eigenvalue weighted by molar-refractivity contribution is -0.149. The van der Waals surface area contributed by atoms with Gasteiger partial charge >= 0.3 is 19.9 Å². The Kier molecular flexibility index (Phi) is 9.16. The van der Waals surface area contributed by atoms with Crippen molar-refractivity contribution in [1.82, 2.24) is 24.8 Å². The van der Waals surface area contributed by atoms with Crippen LogP contribution in [0.3, 0.4) is 0 Å². The number of imidazole rings is 1. The molecule has 2 aliphatic heterocycles. The number of aromatic nitrogens is 4. The van der Waals surface area contributed by atoms with Crippen molar-refractivity contribution in [2.24, 2.45) is 0 Å². The standard InChI is InChI=1S/C27H34FN6O10P/c1-6-39-22-19-21(32-25(29)33-22)34(13-30-19)24-27(4,28)20-18(42-24)12-40-45(37,44-20)43-16-9-7-15(8-10-16)11-17(31-26(36)38-5)23(35)41-14(2)3/h7-10,13-14,17-18,20,24H,6,11-12H2,1-5H3,(H,31,36)(H2,29,32,33)/t17-,18-,20-,24-,27-,45+/m1/s1. The maximum atomic E-state index is 16.5. The van der Waals surface area contributed by atoms with Gasteiger partial charge in [-0.05, 0) is 45.4 Å². The minimum absolute atomic E-state index is 0.0693. The molecule has 6 atom stereocenters. The number of phosphoric acid groups is 1. The van der Waals surface area contributed by atoms with E-state index < -0.39 is 56.1 Å². The van der Waals surface area contributed by atoms with E-state index in [1.165, 1.54) is 37.1 Å². The molecule has 2 saturated heterocycles. The summed E-state index contributed by atoms with van der Waals surface area (Å²) in [5.74, 6) is -0.503. The largest absolute Gasteiger partial charge is 0.530 e. The first-order valence-electron chi connectivity index (χ1n) is 14.1. The normalized spacial score (nSPS) is 26.7. The summed E-state index contributed by atoms with van der Waals surface area (Å²) >= 11 is 0. The highest BCUT2D eigenvalue weighted by atomic mass is 31.2. The Labute approximate surface area is 257 Å². The lowest BCUT2D eigenvalue weighted by Crippen LogP contribution is -2.45. The van der Waals surface area contributed by atoms with E-state index in [1.54, 1.807) is 32.9 Å². The summed E-state index contributed by atoms with van der Waals surface area (Å²) in [5.41, 5.74) is 4.65. The molecule has 2 fully saturated rings. The van der Waals surface area contributed by atoms with E-state index in [1.807, 2.05) is 0 Å². The summed E-state index contributed by atoms with van der Waals surface area (Å²) in [6.45, 7) is 6.39. The first kappa shape index (κ1) is 32.3. The van der Waals surface area contributed by atoms with Crippen LogP contribution in [0.2, 0.25) is 0 Å². The van der Waals surface area contributed by atoms with Crippen molar-refractivity contribution < 1.29 is 51.1 Å². The van der Waals surface area contributed by atoms with E-state index in [0.29, 0.717) is 12.2 Å². The third kappa shape index (κ3) is 6.81. The van der Waals surface area contributed by atoms with Gasteiger partial charge < -0.3 is 34.5 Å². The number of hydrogen-bond acceptors (Lipinski definition) is 14. The number of anilines is 1. The Balaban J connectivity index is 1.29. The first-order valence-corrected chi connectivity index (χ1v) is 15.5. The molecule has 0 radical (unpaired) electrons. The molecule has 1 amide bonds. The zero-order valence-electron chi connectivity index (χ0n) is 25.2. The Morgan fingerprint density at radius 3 is 2.67 bits per heavy atom. The van der Waals surface area contributed by atoms with Gasteiger partial charge in [0.2, 0.25) is 11.8 Å². The van der Waals surface area contributed by atoms with Gasteiger partial charge in [0.15, 0.2) is 23.1 Å². The first-order chi connectivity index (χ1) is 21.3. The van der Waals surface area contributed by atoms with Crippen molar-refractivity contribution in [2.45, 2.75) is 70.4 Å². The highest BCUT2D eigenvalue weighted by Gasteiger charge is 2.62. The van der Waals surface area contributed by atoms with Crippen LogP contribution in [0.1, 0.15) is 39.5 Å². The smallest absolute Gasteiger partial charge is 0.476 e. The minimum atomic E-state index is -4.32. The fourth-order valence-electron chi connectivity index (χ4n) is 4.97. The Morgan fingerprint density at radius 2 is 2.00 bits per heavy atom. The summed E-state index contributed by atoms with van der Waals surface area (Å²) in [7, 11) is -3.14. The zero-order valence-corrected chi connectivity index (χ0v) is 26.1. The molecular weight excluding hydrogens is 618 g/mol. The van der Waals surface area contributed by atoms with Crippen molar-refractivity contribution in [3.63, 3.8) is 0 Å². The number of carbonyl (C=O) groups is 2. The molecule has 5 rings (SSSR count). The summed E-state index contributed by atoms with van der Waals surface area (Å²) < 4.78 is 69.2. The van der Waals surface area contributed by atoms with Gasteiger partial charge in [0, 0.05) is 6.42 Å². The molecule has 2 aliphatic rings. The molecule has 0 aliphatic carbocycles. The minimum Gasteiger partial charge on any atom is -0.476 e. The average Bonchev–Trinajstić information content (AvgIpc) is 3.50. The van der Waals surface area contributed by atoms with Crippen LogP contribution in [-0.4, -0.2) is 81.9 Å².